The largest absolute Gasteiger partial charge is 0.377 e. The van der Waals surface area contributed by atoms with Gasteiger partial charge in [-0.2, -0.15) is 0 Å². The number of rotatable bonds is 5. The second-order valence-corrected chi connectivity index (χ2v) is 6.59. The van der Waals surface area contributed by atoms with Gasteiger partial charge < -0.3 is 5.32 Å². The predicted molar refractivity (Wildman–Crippen MR) is 63.6 cm³/mol. The van der Waals surface area contributed by atoms with Gasteiger partial charge in [-0.3, -0.25) is 0 Å². The van der Waals surface area contributed by atoms with Crippen molar-refractivity contribution in [1.29, 1.82) is 0 Å². The summed E-state index contributed by atoms with van der Waals surface area (Å²) >= 11 is 0. The lowest BCUT2D eigenvalue weighted by Gasteiger charge is -2.17. The highest BCUT2D eigenvalue weighted by atomic mass is 32.2. The highest BCUT2D eigenvalue weighted by molar-refractivity contribution is 7.91. The molecule has 1 aromatic rings. The van der Waals surface area contributed by atoms with E-state index in [4.69, 9.17) is 0 Å². The lowest BCUT2D eigenvalue weighted by molar-refractivity contribution is 0.381. The average Bonchev–Trinajstić information content (AvgIpc) is 2.38. The number of sulfone groups is 1. The summed E-state index contributed by atoms with van der Waals surface area (Å²) in [6.07, 6.45) is 0. The molecule has 9 heteroatoms. The number of benzene rings is 1. The Kier molecular flexibility index (Phi) is 4.95. The fourth-order valence-corrected chi connectivity index (χ4v) is 2.60. The molecule has 1 N–H and O–H groups in total. The van der Waals surface area contributed by atoms with Gasteiger partial charge in [0.25, 0.3) is 0 Å². The van der Waals surface area contributed by atoms with Gasteiger partial charge in [-0.05, 0) is 6.92 Å². The lowest BCUT2D eigenvalue weighted by Crippen LogP contribution is -2.28. The van der Waals surface area contributed by atoms with E-state index in [1.165, 1.54) is 13.8 Å². The summed E-state index contributed by atoms with van der Waals surface area (Å²) in [5.74, 6) is -11.2. The van der Waals surface area contributed by atoms with Crippen LogP contribution in [0.5, 0.6) is 0 Å². The molecule has 0 aliphatic carbocycles. The van der Waals surface area contributed by atoms with E-state index >= 15 is 0 Å². The van der Waals surface area contributed by atoms with E-state index in [1.807, 2.05) is 5.32 Å². The molecule has 114 valence electrons. The molecule has 0 saturated heterocycles. The molecule has 0 saturated carbocycles. The van der Waals surface area contributed by atoms with Crippen molar-refractivity contribution < 1.29 is 30.4 Å². The van der Waals surface area contributed by atoms with Crippen molar-refractivity contribution in [2.24, 2.45) is 0 Å². The number of halogens is 5. The smallest absolute Gasteiger partial charge is 0.200 e. The zero-order valence-corrected chi connectivity index (χ0v) is 11.4. The number of hydrogen-bond donors (Lipinski definition) is 1. The molecule has 0 spiro atoms. The number of hydrogen-bond acceptors (Lipinski definition) is 3. The molecule has 1 rings (SSSR count). The summed E-state index contributed by atoms with van der Waals surface area (Å²) in [6, 6.07) is -1.02. The first-order chi connectivity index (χ1) is 9.10. The van der Waals surface area contributed by atoms with E-state index in [0.717, 1.165) is 0 Å². The monoisotopic (exact) mass is 317 g/mol. The second-order valence-electron chi connectivity index (χ2n) is 4.19. The summed E-state index contributed by atoms with van der Waals surface area (Å²) < 4.78 is 88.0. The third-order valence-electron chi connectivity index (χ3n) is 2.54. The summed E-state index contributed by atoms with van der Waals surface area (Å²) in [4.78, 5) is 0. The first-order valence-electron chi connectivity index (χ1n) is 5.59. The van der Waals surface area contributed by atoms with Gasteiger partial charge in [0, 0.05) is 11.8 Å². The number of anilines is 1. The highest BCUT2D eigenvalue weighted by Gasteiger charge is 2.27. The maximum Gasteiger partial charge on any atom is 0.200 e. The van der Waals surface area contributed by atoms with Gasteiger partial charge in [0.2, 0.25) is 5.82 Å². The zero-order valence-electron chi connectivity index (χ0n) is 10.6. The van der Waals surface area contributed by atoms with E-state index in [1.54, 1.807) is 0 Å². The van der Waals surface area contributed by atoms with E-state index in [0.29, 0.717) is 0 Å². The van der Waals surface area contributed by atoms with Crippen LogP contribution in [0, 0.1) is 29.1 Å². The van der Waals surface area contributed by atoms with Crippen LogP contribution in [0.3, 0.4) is 0 Å². The van der Waals surface area contributed by atoms with Crippen molar-refractivity contribution in [2.45, 2.75) is 19.9 Å². The second kappa shape index (κ2) is 5.94. The molecule has 0 fully saturated rings. The minimum atomic E-state index is -3.46. The standard InChI is InChI=1S/C11H12F5NO2S/c1-3-20(18,19)4-5(2)17-11-9(15)7(13)6(12)8(14)10(11)16/h5,17H,3-4H2,1-2H3. The zero-order chi connectivity index (χ0) is 15.7. The Balaban J connectivity index is 3.11. The fourth-order valence-electron chi connectivity index (χ4n) is 1.52. The van der Waals surface area contributed by atoms with Crippen LogP contribution in [0.1, 0.15) is 13.8 Å². The Morgan fingerprint density at radius 1 is 0.950 bits per heavy atom. The van der Waals surface area contributed by atoms with Crippen LogP contribution in [0.4, 0.5) is 27.6 Å². The molecule has 20 heavy (non-hydrogen) atoms. The molecule has 1 aromatic carbocycles. The van der Waals surface area contributed by atoms with Gasteiger partial charge in [-0.15, -0.1) is 0 Å². The normalized spacial score (nSPS) is 13.3. The van der Waals surface area contributed by atoms with Gasteiger partial charge in [0.05, 0.1) is 5.75 Å². The molecular weight excluding hydrogens is 305 g/mol. The van der Waals surface area contributed by atoms with E-state index in [2.05, 4.69) is 0 Å². The van der Waals surface area contributed by atoms with Crippen LogP contribution in [-0.2, 0) is 9.84 Å². The van der Waals surface area contributed by atoms with Crippen molar-refractivity contribution in [3.8, 4) is 0 Å². The Morgan fingerprint density at radius 2 is 1.35 bits per heavy atom. The molecule has 1 unspecified atom stereocenters. The first kappa shape index (κ1) is 16.7. The highest BCUT2D eigenvalue weighted by Crippen LogP contribution is 2.27. The molecule has 0 heterocycles. The Bertz CT molecular complexity index is 589. The SMILES string of the molecule is CCS(=O)(=O)CC(C)Nc1c(F)c(F)c(F)c(F)c1F. The summed E-state index contributed by atoms with van der Waals surface area (Å²) in [6.45, 7) is 2.63. The molecular formula is C11H12F5NO2S. The van der Waals surface area contributed by atoms with Crippen molar-refractivity contribution in [3.05, 3.63) is 29.1 Å². The van der Waals surface area contributed by atoms with Crippen LogP contribution in [0.2, 0.25) is 0 Å². The number of nitrogens with one attached hydrogen (secondary N) is 1. The summed E-state index contributed by atoms with van der Waals surface area (Å²) in [5, 5.41) is 2.00. The lowest BCUT2D eigenvalue weighted by atomic mass is 10.2. The van der Waals surface area contributed by atoms with Crippen molar-refractivity contribution in [2.75, 3.05) is 16.8 Å². The van der Waals surface area contributed by atoms with Crippen LogP contribution in [-0.4, -0.2) is 26.0 Å². The van der Waals surface area contributed by atoms with Crippen LogP contribution >= 0.6 is 0 Å². The van der Waals surface area contributed by atoms with Crippen LogP contribution in [0.25, 0.3) is 0 Å². The molecule has 0 aromatic heterocycles. The third kappa shape index (κ3) is 3.38. The van der Waals surface area contributed by atoms with Gasteiger partial charge in [-0.25, -0.2) is 30.4 Å². The predicted octanol–water partition coefficient (Wildman–Crippen LogP) is 2.62. The van der Waals surface area contributed by atoms with E-state index < -0.39 is 56.4 Å². The van der Waals surface area contributed by atoms with Crippen LogP contribution in [0.15, 0.2) is 0 Å². The maximum absolute atomic E-state index is 13.3. The minimum absolute atomic E-state index is 0.198. The molecule has 0 aliphatic rings. The van der Waals surface area contributed by atoms with E-state index in [9.17, 15) is 30.4 Å². The molecule has 1 atom stereocenters. The Labute approximate surface area is 112 Å². The van der Waals surface area contributed by atoms with Crippen molar-refractivity contribution >= 4 is 15.5 Å². The van der Waals surface area contributed by atoms with Crippen molar-refractivity contribution in [3.63, 3.8) is 0 Å². The summed E-state index contributed by atoms with van der Waals surface area (Å²) in [7, 11) is -3.46. The van der Waals surface area contributed by atoms with Gasteiger partial charge in [0.1, 0.15) is 5.69 Å². The quantitative estimate of drug-likeness (QED) is 0.516. The maximum atomic E-state index is 13.3. The van der Waals surface area contributed by atoms with Gasteiger partial charge >= 0.3 is 0 Å². The fraction of sp³-hybridized carbons (Fsp3) is 0.455. The minimum Gasteiger partial charge on any atom is -0.377 e. The van der Waals surface area contributed by atoms with E-state index in [-0.39, 0.29) is 5.75 Å². The average molecular weight is 317 g/mol. The molecule has 0 amide bonds. The van der Waals surface area contributed by atoms with Crippen molar-refractivity contribution in [1.82, 2.24) is 0 Å². The Morgan fingerprint density at radius 3 is 1.75 bits per heavy atom. The topological polar surface area (TPSA) is 46.2 Å². The molecule has 0 radical (unpaired) electrons. The summed E-state index contributed by atoms with van der Waals surface area (Å²) in [5.41, 5.74) is -1.24. The van der Waals surface area contributed by atoms with Gasteiger partial charge in [-0.1, -0.05) is 6.92 Å². The van der Waals surface area contributed by atoms with Gasteiger partial charge in [0.15, 0.2) is 33.1 Å². The first-order valence-corrected chi connectivity index (χ1v) is 7.41. The third-order valence-corrected chi connectivity index (χ3v) is 4.43. The van der Waals surface area contributed by atoms with Crippen LogP contribution < -0.4 is 5.32 Å². The molecule has 3 nitrogen and oxygen atoms in total. The molecule has 0 aliphatic heterocycles. The Hall–Kier alpha value is -1.38. The molecule has 0 bridgehead atoms.